The third kappa shape index (κ3) is 5.29. The standard InChI is InChI=1S/C27H25N5O5S/c1-35-21-10-13-24(36-2)23(18-21)27-30-29-25-14-15-26(31-32(25)27)37-17-16-28-38(33,34)22-11-8-20(9-12-22)19-6-4-3-5-7-19/h3-15,18,28H,16-17H2,1-2H3. The van der Waals surface area contributed by atoms with Crippen molar-refractivity contribution in [3.8, 4) is 39.9 Å². The van der Waals surface area contributed by atoms with Crippen LogP contribution in [-0.4, -0.2) is 55.6 Å². The van der Waals surface area contributed by atoms with Crippen LogP contribution in [0.3, 0.4) is 0 Å². The molecular weight excluding hydrogens is 506 g/mol. The summed E-state index contributed by atoms with van der Waals surface area (Å²) in [5.74, 6) is 1.94. The second kappa shape index (κ2) is 10.9. The number of aromatic nitrogens is 4. The molecule has 0 atom stereocenters. The predicted octanol–water partition coefficient (Wildman–Crippen LogP) is 3.83. The molecule has 38 heavy (non-hydrogen) atoms. The van der Waals surface area contributed by atoms with Gasteiger partial charge in [-0.25, -0.2) is 13.1 Å². The lowest BCUT2D eigenvalue weighted by atomic mass is 10.1. The smallest absolute Gasteiger partial charge is 0.240 e. The Balaban J connectivity index is 1.25. The number of rotatable bonds is 10. The van der Waals surface area contributed by atoms with Gasteiger partial charge in [0.05, 0.1) is 24.7 Å². The zero-order valence-corrected chi connectivity index (χ0v) is 21.6. The monoisotopic (exact) mass is 531 g/mol. The molecule has 0 spiro atoms. The summed E-state index contributed by atoms with van der Waals surface area (Å²) in [6, 6.07) is 25.2. The van der Waals surface area contributed by atoms with E-state index in [4.69, 9.17) is 14.2 Å². The van der Waals surface area contributed by atoms with Gasteiger partial charge in [-0.3, -0.25) is 0 Å². The third-order valence-corrected chi connectivity index (χ3v) is 7.28. The lowest BCUT2D eigenvalue weighted by Crippen LogP contribution is -2.28. The van der Waals surface area contributed by atoms with E-state index in [1.165, 1.54) is 4.52 Å². The molecule has 0 aliphatic rings. The van der Waals surface area contributed by atoms with Crippen molar-refractivity contribution in [2.24, 2.45) is 0 Å². The highest BCUT2D eigenvalue weighted by atomic mass is 32.2. The number of nitrogens with zero attached hydrogens (tertiary/aromatic N) is 4. The van der Waals surface area contributed by atoms with Crippen LogP contribution >= 0.6 is 0 Å². The molecule has 5 rings (SSSR count). The SMILES string of the molecule is COc1ccc(OC)c(-c2nnc3ccc(OCCNS(=O)(=O)c4ccc(-c5ccccc5)cc4)nn23)c1. The maximum atomic E-state index is 12.7. The summed E-state index contributed by atoms with van der Waals surface area (Å²) in [6.07, 6.45) is 0. The largest absolute Gasteiger partial charge is 0.497 e. The zero-order valence-electron chi connectivity index (χ0n) is 20.7. The summed E-state index contributed by atoms with van der Waals surface area (Å²) in [7, 11) is -0.558. The molecule has 0 saturated heterocycles. The number of hydrogen-bond donors (Lipinski definition) is 1. The van der Waals surface area contributed by atoms with Crippen LogP contribution in [0.4, 0.5) is 0 Å². The molecule has 1 N–H and O–H groups in total. The zero-order chi connectivity index (χ0) is 26.5. The molecule has 5 aromatic rings. The van der Waals surface area contributed by atoms with Crippen LogP contribution in [0.2, 0.25) is 0 Å². The Morgan fingerprint density at radius 2 is 1.61 bits per heavy atom. The molecule has 194 valence electrons. The molecule has 3 aromatic carbocycles. The van der Waals surface area contributed by atoms with Crippen molar-refractivity contribution >= 4 is 15.7 Å². The molecule has 2 aromatic heterocycles. The van der Waals surface area contributed by atoms with Crippen LogP contribution in [0, 0.1) is 0 Å². The lowest BCUT2D eigenvalue weighted by molar-refractivity contribution is 0.306. The van der Waals surface area contributed by atoms with E-state index >= 15 is 0 Å². The predicted molar refractivity (Wildman–Crippen MR) is 142 cm³/mol. The Morgan fingerprint density at radius 3 is 2.34 bits per heavy atom. The fourth-order valence-electron chi connectivity index (χ4n) is 3.88. The normalized spacial score (nSPS) is 11.4. The van der Waals surface area contributed by atoms with Crippen molar-refractivity contribution in [2.45, 2.75) is 4.90 Å². The van der Waals surface area contributed by atoms with Gasteiger partial charge in [0.2, 0.25) is 15.9 Å². The maximum absolute atomic E-state index is 12.7. The third-order valence-electron chi connectivity index (χ3n) is 5.80. The number of fused-ring (bicyclic) bond motifs is 1. The first-order valence-corrected chi connectivity index (χ1v) is 13.2. The number of hydrogen-bond acceptors (Lipinski definition) is 8. The van der Waals surface area contributed by atoms with Gasteiger partial charge in [0.15, 0.2) is 11.5 Å². The van der Waals surface area contributed by atoms with Crippen LogP contribution < -0.4 is 18.9 Å². The maximum Gasteiger partial charge on any atom is 0.240 e. The summed E-state index contributed by atoms with van der Waals surface area (Å²) in [6.45, 7) is 0.126. The molecule has 0 bridgehead atoms. The van der Waals surface area contributed by atoms with E-state index in [9.17, 15) is 8.42 Å². The summed E-state index contributed by atoms with van der Waals surface area (Å²) in [4.78, 5) is 0.179. The highest BCUT2D eigenvalue weighted by molar-refractivity contribution is 7.89. The quantitative estimate of drug-likeness (QED) is 0.270. The van der Waals surface area contributed by atoms with E-state index in [-0.39, 0.29) is 23.9 Å². The van der Waals surface area contributed by atoms with Crippen LogP contribution in [0.5, 0.6) is 17.4 Å². The Hall–Kier alpha value is -4.48. The number of methoxy groups -OCH3 is 2. The van der Waals surface area contributed by atoms with Crippen molar-refractivity contribution in [1.82, 2.24) is 24.5 Å². The number of ether oxygens (including phenoxy) is 3. The van der Waals surface area contributed by atoms with Gasteiger partial charge < -0.3 is 14.2 Å². The average Bonchev–Trinajstić information content (AvgIpc) is 3.38. The van der Waals surface area contributed by atoms with Gasteiger partial charge in [0, 0.05) is 12.6 Å². The van der Waals surface area contributed by atoms with Gasteiger partial charge >= 0.3 is 0 Å². The molecule has 0 amide bonds. The summed E-state index contributed by atoms with van der Waals surface area (Å²) in [5, 5.41) is 12.9. The van der Waals surface area contributed by atoms with Crippen LogP contribution in [0.15, 0.2) is 89.8 Å². The molecule has 10 nitrogen and oxygen atoms in total. The fraction of sp³-hybridized carbons (Fsp3) is 0.148. The van der Waals surface area contributed by atoms with Gasteiger partial charge in [0.1, 0.15) is 18.1 Å². The average molecular weight is 532 g/mol. The minimum absolute atomic E-state index is 0.0568. The van der Waals surface area contributed by atoms with Crippen LogP contribution in [-0.2, 0) is 10.0 Å². The first kappa shape index (κ1) is 25.2. The first-order valence-electron chi connectivity index (χ1n) is 11.7. The second-order valence-corrected chi connectivity index (χ2v) is 9.93. The molecule has 2 heterocycles. The first-order chi connectivity index (χ1) is 18.5. The lowest BCUT2D eigenvalue weighted by Gasteiger charge is -2.10. The molecule has 0 unspecified atom stereocenters. The van der Waals surface area contributed by atoms with Crippen LogP contribution in [0.25, 0.3) is 28.2 Å². The minimum Gasteiger partial charge on any atom is -0.497 e. The Labute approximate surface area is 219 Å². The van der Waals surface area contributed by atoms with Gasteiger partial charge in [0.25, 0.3) is 0 Å². The van der Waals surface area contributed by atoms with Crippen molar-refractivity contribution in [2.75, 3.05) is 27.4 Å². The molecule has 0 aliphatic carbocycles. The highest BCUT2D eigenvalue weighted by Gasteiger charge is 2.17. The minimum atomic E-state index is -3.70. The van der Waals surface area contributed by atoms with E-state index in [1.54, 1.807) is 68.8 Å². The molecule has 0 saturated carbocycles. The van der Waals surface area contributed by atoms with Crippen molar-refractivity contribution in [3.63, 3.8) is 0 Å². The molecule has 0 fully saturated rings. The van der Waals surface area contributed by atoms with Gasteiger partial charge in [-0.15, -0.1) is 15.3 Å². The van der Waals surface area contributed by atoms with Crippen LogP contribution in [0.1, 0.15) is 0 Å². The van der Waals surface area contributed by atoms with E-state index in [2.05, 4.69) is 20.0 Å². The van der Waals surface area contributed by atoms with Gasteiger partial charge in [-0.05, 0) is 47.5 Å². The topological polar surface area (TPSA) is 117 Å². The van der Waals surface area contributed by atoms with Gasteiger partial charge in [-0.2, -0.15) is 4.52 Å². The Bertz CT molecular complexity index is 1660. The second-order valence-electron chi connectivity index (χ2n) is 8.17. The molecule has 0 aliphatic heterocycles. The Kier molecular flexibility index (Phi) is 7.20. The van der Waals surface area contributed by atoms with E-state index < -0.39 is 10.0 Å². The number of benzene rings is 3. The van der Waals surface area contributed by atoms with Crippen molar-refractivity contribution in [1.29, 1.82) is 0 Å². The van der Waals surface area contributed by atoms with Crippen molar-refractivity contribution in [3.05, 3.63) is 84.9 Å². The molecule has 11 heteroatoms. The molecule has 0 radical (unpaired) electrons. The number of nitrogens with one attached hydrogen (secondary N) is 1. The summed E-state index contributed by atoms with van der Waals surface area (Å²) < 4.78 is 46.0. The fourth-order valence-corrected chi connectivity index (χ4v) is 4.89. The number of sulfonamides is 1. The van der Waals surface area contributed by atoms with E-state index in [0.29, 0.717) is 28.5 Å². The van der Waals surface area contributed by atoms with Gasteiger partial charge in [-0.1, -0.05) is 42.5 Å². The van der Waals surface area contributed by atoms with E-state index in [1.807, 2.05) is 30.3 Å². The Morgan fingerprint density at radius 1 is 0.842 bits per heavy atom. The van der Waals surface area contributed by atoms with E-state index in [0.717, 1.165) is 11.1 Å². The van der Waals surface area contributed by atoms with Crippen molar-refractivity contribution < 1.29 is 22.6 Å². The summed E-state index contributed by atoms with van der Waals surface area (Å²) >= 11 is 0. The summed E-state index contributed by atoms with van der Waals surface area (Å²) in [5.41, 5.74) is 3.12. The highest BCUT2D eigenvalue weighted by Crippen LogP contribution is 2.32. The molecular formula is C27H25N5O5S.